The van der Waals surface area contributed by atoms with Crippen LogP contribution in [0.5, 0.6) is 0 Å². The smallest absolute Gasteiger partial charge is 0.404 e. The minimum absolute atomic E-state index is 0.00864. The molecule has 6 heteroatoms. The van der Waals surface area contributed by atoms with E-state index in [1.54, 1.807) is 12.1 Å². The summed E-state index contributed by atoms with van der Waals surface area (Å²) in [4.78, 5) is 24.0. The van der Waals surface area contributed by atoms with Crippen LogP contribution in [0.4, 0.5) is 4.79 Å². The van der Waals surface area contributed by atoms with E-state index in [0.717, 1.165) is 16.7 Å². The molecule has 6 nitrogen and oxygen atoms in total. The molecular weight excluding hydrogens is 270 g/mol. The molecule has 0 unspecified atom stereocenters. The lowest BCUT2D eigenvalue weighted by Crippen LogP contribution is -2.36. The molecule has 116 valence electrons. The van der Waals surface area contributed by atoms with E-state index in [4.69, 9.17) is 16.2 Å². The van der Waals surface area contributed by atoms with Crippen molar-refractivity contribution >= 4 is 12.0 Å². The third kappa shape index (κ3) is 4.75. The molecule has 4 N–H and O–H groups in total. The minimum atomic E-state index is -0.778. The standard InChI is InChI=1S/C15H23N3O3/c1-9-5-11(14(16)19)6-10(2)13(9)7-12(18(3)4)8-21-15(17)20/h5-6,12H,7-8H2,1-4H3,(H2,16,19)(H2,17,20)/t12-/m0/s1. The van der Waals surface area contributed by atoms with Gasteiger partial charge in [-0.2, -0.15) is 0 Å². The zero-order valence-corrected chi connectivity index (χ0v) is 13.0. The predicted octanol–water partition coefficient (Wildman–Crippen LogP) is 0.970. The lowest BCUT2D eigenvalue weighted by molar-refractivity contribution is 0.0999. The van der Waals surface area contributed by atoms with Crippen LogP contribution in [0.2, 0.25) is 0 Å². The maximum Gasteiger partial charge on any atom is 0.404 e. The third-order valence-electron chi connectivity index (χ3n) is 3.57. The second kappa shape index (κ2) is 7.08. The number of nitrogens with zero attached hydrogens (tertiary/aromatic N) is 1. The quantitative estimate of drug-likeness (QED) is 0.816. The van der Waals surface area contributed by atoms with Crippen LogP contribution in [0, 0.1) is 13.8 Å². The Bertz CT molecular complexity index is 518. The fourth-order valence-electron chi connectivity index (χ4n) is 2.26. The number of likely N-dealkylation sites (N-methyl/N-ethyl adjacent to an activating group) is 1. The number of amides is 2. The Morgan fingerprint density at radius 3 is 2.10 bits per heavy atom. The Morgan fingerprint density at radius 1 is 1.19 bits per heavy atom. The van der Waals surface area contributed by atoms with E-state index in [-0.39, 0.29) is 12.6 Å². The lowest BCUT2D eigenvalue weighted by Gasteiger charge is -2.25. The molecule has 0 saturated carbocycles. The Kier molecular flexibility index (Phi) is 5.72. The van der Waals surface area contributed by atoms with Gasteiger partial charge in [0.05, 0.1) is 0 Å². The highest BCUT2D eigenvalue weighted by Crippen LogP contribution is 2.19. The highest BCUT2D eigenvalue weighted by atomic mass is 16.5. The van der Waals surface area contributed by atoms with Crippen molar-refractivity contribution in [2.75, 3.05) is 20.7 Å². The van der Waals surface area contributed by atoms with E-state index in [1.807, 2.05) is 32.8 Å². The van der Waals surface area contributed by atoms with Crippen molar-refractivity contribution in [1.82, 2.24) is 4.90 Å². The number of ether oxygens (including phenoxy) is 1. The number of carbonyl (C=O) groups excluding carboxylic acids is 2. The summed E-state index contributed by atoms with van der Waals surface area (Å²) in [5, 5.41) is 0. The van der Waals surface area contributed by atoms with Crippen LogP contribution in [-0.2, 0) is 11.2 Å². The van der Waals surface area contributed by atoms with Gasteiger partial charge in [0.1, 0.15) is 6.61 Å². The second-order valence-corrected chi connectivity index (χ2v) is 5.40. The number of carbonyl (C=O) groups is 2. The Labute approximate surface area is 125 Å². The molecule has 0 aliphatic heterocycles. The number of aryl methyl sites for hydroxylation is 2. The van der Waals surface area contributed by atoms with E-state index >= 15 is 0 Å². The van der Waals surface area contributed by atoms with Gasteiger partial charge < -0.3 is 21.1 Å². The van der Waals surface area contributed by atoms with Crippen molar-refractivity contribution < 1.29 is 14.3 Å². The van der Waals surface area contributed by atoms with Gasteiger partial charge in [-0.25, -0.2) is 4.79 Å². The van der Waals surface area contributed by atoms with Crippen molar-refractivity contribution in [3.05, 3.63) is 34.4 Å². The molecule has 0 spiro atoms. The maximum absolute atomic E-state index is 11.3. The molecule has 0 aromatic heterocycles. The normalized spacial score (nSPS) is 12.2. The van der Waals surface area contributed by atoms with Gasteiger partial charge in [0.25, 0.3) is 0 Å². The molecule has 0 bridgehead atoms. The van der Waals surface area contributed by atoms with Crippen molar-refractivity contribution in [3.8, 4) is 0 Å². The summed E-state index contributed by atoms with van der Waals surface area (Å²) in [5.74, 6) is -0.436. The first kappa shape index (κ1) is 17.0. The van der Waals surface area contributed by atoms with Gasteiger partial charge in [0.2, 0.25) is 5.91 Å². The summed E-state index contributed by atoms with van der Waals surface area (Å²) in [7, 11) is 3.83. The van der Waals surface area contributed by atoms with Crippen LogP contribution in [0.1, 0.15) is 27.0 Å². The van der Waals surface area contributed by atoms with Gasteiger partial charge in [0.15, 0.2) is 0 Å². The largest absolute Gasteiger partial charge is 0.448 e. The Hall–Kier alpha value is -2.08. The first-order chi connectivity index (χ1) is 9.72. The van der Waals surface area contributed by atoms with Gasteiger partial charge >= 0.3 is 6.09 Å². The predicted molar refractivity (Wildman–Crippen MR) is 81.1 cm³/mol. The first-order valence-corrected chi connectivity index (χ1v) is 6.71. The fourth-order valence-corrected chi connectivity index (χ4v) is 2.26. The number of hydrogen-bond donors (Lipinski definition) is 2. The number of nitrogens with two attached hydrogens (primary N) is 2. The molecule has 0 fully saturated rings. The second-order valence-electron chi connectivity index (χ2n) is 5.40. The molecule has 1 atom stereocenters. The average Bonchev–Trinajstić information content (AvgIpc) is 2.35. The molecule has 0 heterocycles. The van der Waals surface area contributed by atoms with Crippen molar-refractivity contribution in [2.45, 2.75) is 26.3 Å². The summed E-state index contributed by atoms with van der Waals surface area (Å²) in [6.07, 6.45) is -0.0869. The van der Waals surface area contributed by atoms with E-state index in [0.29, 0.717) is 12.0 Å². The number of rotatable bonds is 6. The highest BCUT2D eigenvalue weighted by Gasteiger charge is 2.17. The van der Waals surface area contributed by atoms with Crippen LogP contribution in [0.3, 0.4) is 0 Å². The zero-order valence-electron chi connectivity index (χ0n) is 13.0. The molecule has 1 aromatic rings. The topological polar surface area (TPSA) is 98.6 Å². The SMILES string of the molecule is Cc1cc(C(N)=O)cc(C)c1C[C@@H](COC(N)=O)N(C)C. The van der Waals surface area contributed by atoms with Gasteiger partial charge in [-0.05, 0) is 63.2 Å². The monoisotopic (exact) mass is 293 g/mol. The van der Waals surface area contributed by atoms with Crippen molar-refractivity contribution in [1.29, 1.82) is 0 Å². The molecule has 0 radical (unpaired) electrons. The molecule has 0 aliphatic rings. The van der Waals surface area contributed by atoms with Gasteiger partial charge in [-0.1, -0.05) is 0 Å². The zero-order chi connectivity index (χ0) is 16.2. The molecule has 1 aromatic carbocycles. The van der Waals surface area contributed by atoms with Gasteiger partial charge in [0, 0.05) is 11.6 Å². The fraction of sp³-hybridized carbons (Fsp3) is 0.467. The van der Waals surface area contributed by atoms with Gasteiger partial charge in [-0.15, -0.1) is 0 Å². The summed E-state index contributed by atoms with van der Waals surface area (Å²) in [6, 6.07) is 3.58. The van der Waals surface area contributed by atoms with E-state index < -0.39 is 12.0 Å². The molecule has 1 rings (SSSR count). The number of hydrogen-bond acceptors (Lipinski definition) is 4. The van der Waals surface area contributed by atoms with E-state index in [1.165, 1.54) is 0 Å². The Balaban J connectivity index is 2.98. The molecule has 2 amide bonds. The van der Waals surface area contributed by atoms with Crippen LogP contribution in [-0.4, -0.2) is 43.6 Å². The lowest BCUT2D eigenvalue weighted by atomic mass is 9.93. The maximum atomic E-state index is 11.3. The van der Waals surface area contributed by atoms with Gasteiger partial charge in [-0.3, -0.25) is 4.79 Å². The van der Waals surface area contributed by atoms with Crippen molar-refractivity contribution in [3.63, 3.8) is 0 Å². The van der Waals surface area contributed by atoms with Crippen LogP contribution < -0.4 is 11.5 Å². The number of primary amides is 2. The molecule has 0 saturated heterocycles. The van der Waals surface area contributed by atoms with Crippen LogP contribution in [0.15, 0.2) is 12.1 Å². The summed E-state index contributed by atoms with van der Waals surface area (Å²) < 4.78 is 4.90. The summed E-state index contributed by atoms with van der Waals surface area (Å²) in [6.45, 7) is 4.10. The van der Waals surface area contributed by atoms with Crippen LogP contribution in [0.25, 0.3) is 0 Å². The van der Waals surface area contributed by atoms with E-state index in [2.05, 4.69) is 0 Å². The molecular formula is C15H23N3O3. The third-order valence-corrected chi connectivity index (χ3v) is 3.57. The summed E-state index contributed by atoms with van der Waals surface area (Å²) in [5.41, 5.74) is 13.9. The molecule has 0 aliphatic carbocycles. The minimum Gasteiger partial charge on any atom is -0.448 e. The van der Waals surface area contributed by atoms with Crippen LogP contribution >= 0.6 is 0 Å². The highest BCUT2D eigenvalue weighted by molar-refractivity contribution is 5.93. The average molecular weight is 293 g/mol. The van der Waals surface area contributed by atoms with Crippen molar-refractivity contribution in [2.24, 2.45) is 11.5 Å². The Morgan fingerprint density at radius 2 is 1.71 bits per heavy atom. The number of benzene rings is 1. The first-order valence-electron chi connectivity index (χ1n) is 6.71. The summed E-state index contributed by atoms with van der Waals surface area (Å²) >= 11 is 0. The van der Waals surface area contributed by atoms with E-state index in [9.17, 15) is 9.59 Å². The molecule has 21 heavy (non-hydrogen) atoms.